The standard InChI is InChI=1S/C19H23N3O2S2/c1-12-17(13-6-8-22(12)9-7-13)21-18(23)19-20-11-16(26-19)25-15-5-3-4-14(10-15)24-2/h3-5,10-13,17H,6-9H2,1-2H3,(H,21,23)/t12-,17-/m0/s1. The van der Waals surface area contributed by atoms with Gasteiger partial charge in [0.15, 0.2) is 5.01 Å². The highest BCUT2D eigenvalue weighted by Gasteiger charge is 2.40. The van der Waals surface area contributed by atoms with Gasteiger partial charge in [-0.15, -0.1) is 11.3 Å². The first-order chi connectivity index (χ1) is 12.6. The first-order valence-electron chi connectivity index (χ1n) is 8.96. The van der Waals surface area contributed by atoms with Gasteiger partial charge in [0.1, 0.15) is 5.75 Å². The second-order valence-corrected chi connectivity index (χ2v) is 9.28. The highest BCUT2D eigenvalue weighted by atomic mass is 32.2. The van der Waals surface area contributed by atoms with Gasteiger partial charge < -0.3 is 10.1 Å². The second kappa shape index (κ2) is 7.58. The number of carbonyl (C=O) groups is 1. The van der Waals surface area contributed by atoms with Crippen molar-refractivity contribution in [2.45, 2.75) is 41.0 Å². The van der Waals surface area contributed by atoms with Crippen LogP contribution in [-0.4, -0.2) is 48.1 Å². The third-order valence-corrected chi connectivity index (χ3v) is 7.50. The van der Waals surface area contributed by atoms with E-state index in [1.165, 1.54) is 24.2 Å². The average molecular weight is 390 g/mol. The Labute approximate surface area is 162 Å². The molecule has 26 heavy (non-hydrogen) atoms. The summed E-state index contributed by atoms with van der Waals surface area (Å²) in [6, 6.07) is 8.55. The fourth-order valence-electron chi connectivity index (χ4n) is 3.95. The van der Waals surface area contributed by atoms with Crippen molar-refractivity contribution >= 4 is 29.0 Å². The van der Waals surface area contributed by atoms with E-state index in [4.69, 9.17) is 4.74 Å². The molecule has 138 valence electrons. The predicted molar refractivity (Wildman–Crippen MR) is 104 cm³/mol. The molecule has 3 fully saturated rings. The summed E-state index contributed by atoms with van der Waals surface area (Å²) >= 11 is 3.05. The zero-order chi connectivity index (χ0) is 18.1. The number of nitrogens with one attached hydrogen (secondary N) is 1. The Kier molecular flexibility index (Phi) is 5.20. The van der Waals surface area contributed by atoms with Crippen LogP contribution in [0.3, 0.4) is 0 Å². The number of methoxy groups -OCH3 is 1. The number of piperidine rings is 3. The van der Waals surface area contributed by atoms with E-state index in [2.05, 4.69) is 22.1 Å². The lowest BCUT2D eigenvalue weighted by molar-refractivity contribution is 0.0217. The van der Waals surface area contributed by atoms with Gasteiger partial charge in [-0.25, -0.2) is 4.98 Å². The Morgan fingerprint density at radius 2 is 2.19 bits per heavy atom. The summed E-state index contributed by atoms with van der Waals surface area (Å²) in [5.74, 6) is 1.39. The molecule has 0 unspecified atom stereocenters. The molecule has 0 radical (unpaired) electrons. The molecule has 7 heteroatoms. The maximum absolute atomic E-state index is 12.7. The van der Waals surface area contributed by atoms with Crippen molar-refractivity contribution in [2.75, 3.05) is 20.2 Å². The molecule has 5 rings (SSSR count). The van der Waals surface area contributed by atoms with E-state index in [1.807, 2.05) is 24.3 Å². The number of fused-ring (bicyclic) bond motifs is 3. The summed E-state index contributed by atoms with van der Waals surface area (Å²) < 4.78 is 6.27. The van der Waals surface area contributed by atoms with Crippen LogP contribution in [0.1, 0.15) is 29.6 Å². The number of nitrogens with zero attached hydrogens (tertiary/aromatic N) is 2. The first-order valence-corrected chi connectivity index (χ1v) is 10.6. The Balaban J connectivity index is 1.41. The van der Waals surface area contributed by atoms with Gasteiger partial charge in [0.05, 0.1) is 17.5 Å². The van der Waals surface area contributed by atoms with Crippen LogP contribution in [0, 0.1) is 5.92 Å². The van der Waals surface area contributed by atoms with Crippen molar-refractivity contribution in [3.63, 3.8) is 0 Å². The van der Waals surface area contributed by atoms with Crippen LogP contribution < -0.4 is 10.1 Å². The van der Waals surface area contributed by atoms with Gasteiger partial charge in [-0.3, -0.25) is 9.69 Å². The van der Waals surface area contributed by atoms with Crippen molar-refractivity contribution < 1.29 is 9.53 Å². The van der Waals surface area contributed by atoms with Crippen LogP contribution in [-0.2, 0) is 0 Å². The Hall–Kier alpha value is -1.57. The quantitative estimate of drug-likeness (QED) is 0.848. The molecule has 4 heterocycles. The maximum Gasteiger partial charge on any atom is 0.280 e. The number of carbonyl (C=O) groups excluding carboxylic acids is 1. The molecule has 2 aromatic rings. The number of hydrogen-bond donors (Lipinski definition) is 1. The molecule has 1 N–H and O–H groups in total. The van der Waals surface area contributed by atoms with Gasteiger partial charge in [0, 0.05) is 17.0 Å². The summed E-state index contributed by atoms with van der Waals surface area (Å²) in [6.45, 7) is 4.55. The fraction of sp³-hybridized carbons (Fsp3) is 0.474. The number of aromatic nitrogens is 1. The Bertz CT molecular complexity index is 785. The zero-order valence-corrected chi connectivity index (χ0v) is 16.6. The van der Waals surface area contributed by atoms with Crippen molar-refractivity contribution in [1.29, 1.82) is 0 Å². The summed E-state index contributed by atoms with van der Waals surface area (Å²) in [6.07, 6.45) is 4.15. The minimum Gasteiger partial charge on any atom is -0.497 e. The second-order valence-electron chi connectivity index (χ2n) is 6.88. The summed E-state index contributed by atoms with van der Waals surface area (Å²) in [5.41, 5.74) is 0. The van der Waals surface area contributed by atoms with E-state index >= 15 is 0 Å². The van der Waals surface area contributed by atoms with Gasteiger partial charge in [0.2, 0.25) is 0 Å². The molecule has 1 aromatic carbocycles. The van der Waals surface area contributed by atoms with Gasteiger partial charge in [0.25, 0.3) is 5.91 Å². The van der Waals surface area contributed by atoms with Crippen molar-refractivity contribution in [3.05, 3.63) is 35.5 Å². The largest absolute Gasteiger partial charge is 0.497 e. The zero-order valence-electron chi connectivity index (χ0n) is 15.0. The summed E-state index contributed by atoms with van der Waals surface area (Å²) in [7, 11) is 1.66. The number of benzene rings is 1. The molecule has 0 aliphatic carbocycles. The smallest absolute Gasteiger partial charge is 0.280 e. The molecular formula is C19H23N3O2S2. The van der Waals surface area contributed by atoms with Crippen LogP contribution in [0.4, 0.5) is 0 Å². The average Bonchev–Trinajstić information content (AvgIpc) is 3.13. The fourth-order valence-corrected chi connectivity index (χ4v) is 5.86. The van der Waals surface area contributed by atoms with E-state index < -0.39 is 0 Å². The highest BCUT2D eigenvalue weighted by molar-refractivity contribution is 8.01. The number of thiazole rings is 1. The number of rotatable bonds is 5. The topological polar surface area (TPSA) is 54.5 Å². The maximum atomic E-state index is 12.7. The van der Waals surface area contributed by atoms with Crippen molar-refractivity contribution in [1.82, 2.24) is 15.2 Å². The minimum absolute atomic E-state index is 0.0434. The lowest BCUT2D eigenvalue weighted by Gasteiger charge is -2.49. The third kappa shape index (κ3) is 3.61. The number of amides is 1. The molecule has 2 bridgehead atoms. The first kappa shape index (κ1) is 17.8. The highest BCUT2D eigenvalue weighted by Crippen LogP contribution is 2.35. The molecule has 3 aliphatic rings. The van der Waals surface area contributed by atoms with Gasteiger partial charge in [-0.2, -0.15) is 0 Å². The number of ether oxygens (including phenoxy) is 1. The molecule has 1 amide bonds. The van der Waals surface area contributed by atoms with E-state index in [0.29, 0.717) is 17.0 Å². The third-order valence-electron chi connectivity index (χ3n) is 5.41. The lowest BCUT2D eigenvalue weighted by atomic mass is 9.79. The predicted octanol–water partition coefficient (Wildman–Crippen LogP) is 3.52. The van der Waals surface area contributed by atoms with Crippen LogP contribution >= 0.6 is 23.1 Å². The molecule has 0 spiro atoms. The Morgan fingerprint density at radius 1 is 1.38 bits per heavy atom. The molecule has 3 saturated heterocycles. The summed E-state index contributed by atoms with van der Waals surface area (Å²) in [5, 5.41) is 3.79. The summed E-state index contributed by atoms with van der Waals surface area (Å²) in [4.78, 5) is 20.6. The van der Waals surface area contributed by atoms with Crippen LogP contribution in [0.15, 0.2) is 39.6 Å². The van der Waals surface area contributed by atoms with Crippen molar-refractivity contribution in [2.24, 2.45) is 5.92 Å². The lowest BCUT2D eigenvalue weighted by Crippen LogP contribution is -2.62. The monoisotopic (exact) mass is 389 g/mol. The molecule has 5 nitrogen and oxygen atoms in total. The minimum atomic E-state index is -0.0434. The van der Waals surface area contributed by atoms with Crippen LogP contribution in [0.25, 0.3) is 0 Å². The van der Waals surface area contributed by atoms with Gasteiger partial charge in [-0.1, -0.05) is 17.8 Å². The molecule has 3 aliphatic heterocycles. The normalized spacial score (nSPS) is 27.3. The van der Waals surface area contributed by atoms with E-state index in [0.717, 1.165) is 27.9 Å². The molecule has 2 atom stereocenters. The van der Waals surface area contributed by atoms with E-state index in [1.54, 1.807) is 25.1 Å². The molecule has 0 saturated carbocycles. The SMILES string of the molecule is COc1cccc(Sc2cnc(C(=O)N[C@@H]3C4CCN(CC4)[C@H]3C)s2)c1. The van der Waals surface area contributed by atoms with E-state index in [9.17, 15) is 4.79 Å². The van der Waals surface area contributed by atoms with Crippen LogP contribution in [0.5, 0.6) is 5.75 Å². The molecular weight excluding hydrogens is 366 g/mol. The van der Waals surface area contributed by atoms with Gasteiger partial charge >= 0.3 is 0 Å². The molecule has 1 aromatic heterocycles. The van der Waals surface area contributed by atoms with Gasteiger partial charge in [-0.05, 0) is 57.0 Å². The number of hydrogen-bond acceptors (Lipinski definition) is 6. The van der Waals surface area contributed by atoms with Crippen molar-refractivity contribution in [3.8, 4) is 5.75 Å². The Morgan fingerprint density at radius 3 is 2.92 bits per heavy atom. The van der Waals surface area contributed by atoms with E-state index in [-0.39, 0.29) is 11.9 Å². The van der Waals surface area contributed by atoms with Crippen LogP contribution in [0.2, 0.25) is 0 Å².